The molecule has 0 N–H and O–H groups in total. The third kappa shape index (κ3) is 4.92. The van der Waals surface area contributed by atoms with Crippen molar-refractivity contribution in [3.05, 3.63) is 204 Å². The Morgan fingerprint density at radius 1 is 0.448 bits per heavy atom. The third-order valence-corrected chi connectivity index (χ3v) is 13.0. The first-order chi connectivity index (χ1) is 28.2. The summed E-state index contributed by atoms with van der Waals surface area (Å²) in [7, 11) is 0. The Labute approximate surface area is 341 Å². The second-order valence-electron chi connectivity index (χ2n) is 17.0. The van der Waals surface area contributed by atoms with Gasteiger partial charge in [-0.15, -0.1) is 0 Å². The maximum Gasteiger partial charge on any atom is 0.159 e. The van der Waals surface area contributed by atoms with Gasteiger partial charge in [0.05, 0.1) is 22.7 Å². The summed E-state index contributed by atoms with van der Waals surface area (Å²) in [5.74, 6) is 1.78. The molecule has 8 aromatic rings. The van der Waals surface area contributed by atoms with Crippen LogP contribution in [0.5, 0.6) is 11.5 Å². The summed E-state index contributed by atoms with van der Waals surface area (Å²) in [6.07, 6.45) is 0. The zero-order valence-electron chi connectivity index (χ0n) is 33.5. The van der Waals surface area contributed by atoms with Crippen LogP contribution in [0.3, 0.4) is 0 Å². The molecule has 58 heavy (non-hydrogen) atoms. The summed E-state index contributed by atoms with van der Waals surface area (Å²) >= 11 is 0. The number of para-hydroxylation sites is 3. The number of nitrogens with zero attached hydrogens (tertiary/aromatic N) is 2. The topological polar surface area (TPSA) is 15.7 Å². The smallest absolute Gasteiger partial charge is 0.159 e. The fraction of sp³-hybridized carbons (Fsp3) is 0.127. The standard InChI is InChI=1S/C55H44N2O/c1-35-16-15-25-50-51(35)57-49-24-14-12-22-45(49)55(4,5)46-33-32-41(53(58-50)52(46)57)37-26-28-38(29-27-37)56(48-23-13-10-19-40(48)36-17-7-6-8-18-36)39-30-31-43-42-20-9-11-21-44(42)54(2,3)47(43)34-39/h6-34H,1-5H3. The average molecular weight is 749 g/mol. The molecule has 3 heteroatoms. The number of benzene rings is 8. The fourth-order valence-corrected chi connectivity index (χ4v) is 10.0. The summed E-state index contributed by atoms with van der Waals surface area (Å²) < 4.78 is 7.02. The first kappa shape index (κ1) is 34.4. The van der Waals surface area contributed by atoms with Crippen LogP contribution < -0.4 is 14.5 Å². The minimum Gasteiger partial charge on any atom is -0.452 e. The number of fused-ring (bicyclic) bond motifs is 7. The van der Waals surface area contributed by atoms with Gasteiger partial charge in [-0.3, -0.25) is 0 Å². The van der Waals surface area contributed by atoms with Crippen LogP contribution in [0.25, 0.3) is 33.4 Å². The molecule has 0 radical (unpaired) electrons. The van der Waals surface area contributed by atoms with Crippen molar-refractivity contribution in [3.8, 4) is 44.9 Å². The van der Waals surface area contributed by atoms with Gasteiger partial charge in [0.1, 0.15) is 0 Å². The van der Waals surface area contributed by atoms with Crippen LogP contribution in [-0.2, 0) is 10.8 Å². The van der Waals surface area contributed by atoms with E-state index in [1.807, 2.05) is 0 Å². The summed E-state index contributed by atoms with van der Waals surface area (Å²) in [6, 6.07) is 64.3. The third-order valence-electron chi connectivity index (χ3n) is 13.0. The molecule has 2 heterocycles. The summed E-state index contributed by atoms with van der Waals surface area (Å²) in [5, 5.41) is 0. The molecule has 3 aliphatic rings. The number of hydrogen-bond acceptors (Lipinski definition) is 3. The Kier molecular flexibility index (Phi) is 7.46. The molecule has 0 fully saturated rings. The summed E-state index contributed by atoms with van der Waals surface area (Å²) in [4.78, 5) is 4.88. The van der Waals surface area contributed by atoms with E-state index in [9.17, 15) is 0 Å². The molecule has 11 rings (SSSR count). The molecular weight excluding hydrogens is 705 g/mol. The number of hydrogen-bond donors (Lipinski definition) is 0. The maximum atomic E-state index is 7.02. The molecule has 1 aliphatic carbocycles. The Bertz CT molecular complexity index is 2940. The molecule has 0 amide bonds. The van der Waals surface area contributed by atoms with Gasteiger partial charge in [-0.2, -0.15) is 0 Å². The van der Waals surface area contributed by atoms with Crippen molar-refractivity contribution in [2.45, 2.75) is 45.4 Å². The summed E-state index contributed by atoms with van der Waals surface area (Å²) in [6.45, 7) is 11.6. The molecule has 280 valence electrons. The second kappa shape index (κ2) is 12.6. The van der Waals surface area contributed by atoms with Crippen LogP contribution in [-0.4, -0.2) is 0 Å². The van der Waals surface area contributed by atoms with Crippen molar-refractivity contribution in [1.82, 2.24) is 0 Å². The number of aryl methyl sites for hydroxylation is 1. The molecule has 0 aromatic heterocycles. The van der Waals surface area contributed by atoms with Crippen molar-refractivity contribution in [3.63, 3.8) is 0 Å². The van der Waals surface area contributed by atoms with E-state index < -0.39 is 0 Å². The first-order valence-corrected chi connectivity index (χ1v) is 20.4. The number of rotatable bonds is 5. The van der Waals surface area contributed by atoms with E-state index in [4.69, 9.17) is 4.74 Å². The molecule has 0 saturated carbocycles. The van der Waals surface area contributed by atoms with Gasteiger partial charge in [0.25, 0.3) is 0 Å². The van der Waals surface area contributed by atoms with Gasteiger partial charge in [0.2, 0.25) is 0 Å². The quantitative estimate of drug-likeness (QED) is 0.174. The molecule has 0 spiro atoms. The van der Waals surface area contributed by atoms with Crippen molar-refractivity contribution in [2.75, 3.05) is 9.80 Å². The predicted molar refractivity (Wildman–Crippen MR) is 241 cm³/mol. The summed E-state index contributed by atoms with van der Waals surface area (Å²) in [5.41, 5.74) is 20.2. The highest BCUT2D eigenvalue weighted by atomic mass is 16.5. The molecular formula is C55H44N2O. The fourth-order valence-electron chi connectivity index (χ4n) is 10.0. The Balaban J connectivity index is 1.08. The first-order valence-electron chi connectivity index (χ1n) is 20.4. The van der Waals surface area contributed by atoms with Crippen molar-refractivity contribution >= 4 is 34.1 Å². The lowest BCUT2D eigenvalue weighted by Gasteiger charge is -2.45. The van der Waals surface area contributed by atoms with Crippen molar-refractivity contribution in [2.24, 2.45) is 0 Å². The van der Waals surface area contributed by atoms with Gasteiger partial charge in [-0.25, -0.2) is 0 Å². The van der Waals surface area contributed by atoms with E-state index >= 15 is 0 Å². The van der Waals surface area contributed by atoms with Crippen LogP contribution in [0.1, 0.15) is 55.5 Å². The second-order valence-corrected chi connectivity index (χ2v) is 17.0. The Morgan fingerprint density at radius 2 is 1.07 bits per heavy atom. The molecule has 2 aliphatic heterocycles. The van der Waals surface area contributed by atoms with Gasteiger partial charge in [0.15, 0.2) is 11.5 Å². The molecule has 0 bridgehead atoms. The van der Waals surface area contributed by atoms with Gasteiger partial charge in [-0.1, -0.05) is 161 Å². The van der Waals surface area contributed by atoms with Gasteiger partial charge < -0.3 is 14.5 Å². The zero-order valence-corrected chi connectivity index (χ0v) is 33.5. The Morgan fingerprint density at radius 3 is 1.88 bits per heavy atom. The number of anilines is 6. The minimum atomic E-state index is -0.207. The average Bonchev–Trinajstić information content (AvgIpc) is 3.48. The molecule has 0 unspecified atom stereocenters. The molecule has 0 saturated heterocycles. The monoisotopic (exact) mass is 748 g/mol. The van der Waals surface area contributed by atoms with Crippen LogP contribution in [0, 0.1) is 6.92 Å². The van der Waals surface area contributed by atoms with Crippen LogP contribution >= 0.6 is 0 Å². The van der Waals surface area contributed by atoms with Crippen LogP contribution in [0.4, 0.5) is 34.1 Å². The van der Waals surface area contributed by atoms with Gasteiger partial charge in [0, 0.05) is 33.3 Å². The van der Waals surface area contributed by atoms with Crippen molar-refractivity contribution in [1.29, 1.82) is 0 Å². The SMILES string of the molecule is Cc1cccc2c1N1c3ccccc3C(C)(C)c3ccc(-c4ccc(N(c5ccc6c(c5)C(C)(C)c5ccccc5-6)c5ccccc5-c5ccccc5)cc4)c(c31)O2. The number of ether oxygens (including phenoxy) is 1. The van der Waals surface area contributed by atoms with E-state index in [0.29, 0.717) is 0 Å². The highest BCUT2D eigenvalue weighted by Gasteiger charge is 2.43. The Hall–Kier alpha value is -6.84. The highest BCUT2D eigenvalue weighted by molar-refractivity contribution is 5.98. The van der Waals surface area contributed by atoms with Crippen LogP contribution in [0.15, 0.2) is 176 Å². The van der Waals surface area contributed by atoms with E-state index in [0.717, 1.165) is 51.1 Å². The minimum absolute atomic E-state index is 0.121. The molecule has 3 nitrogen and oxygen atoms in total. The van der Waals surface area contributed by atoms with E-state index in [1.165, 1.54) is 55.8 Å². The molecule has 8 aromatic carbocycles. The van der Waals surface area contributed by atoms with E-state index in [1.54, 1.807) is 0 Å². The lowest BCUT2D eigenvalue weighted by molar-refractivity contribution is 0.472. The van der Waals surface area contributed by atoms with Crippen molar-refractivity contribution < 1.29 is 4.74 Å². The van der Waals surface area contributed by atoms with Gasteiger partial charge in [-0.05, 0) is 99.5 Å². The zero-order chi connectivity index (χ0) is 39.3. The molecule has 0 atom stereocenters. The largest absolute Gasteiger partial charge is 0.452 e. The van der Waals surface area contributed by atoms with Crippen LogP contribution in [0.2, 0.25) is 0 Å². The normalized spacial score (nSPS) is 14.7. The predicted octanol–water partition coefficient (Wildman–Crippen LogP) is 15.3. The van der Waals surface area contributed by atoms with E-state index in [-0.39, 0.29) is 10.8 Å². The van der Waals surface area contributed by atoms with E-state index in [2.05, 4.69) is 220 Å². The lowest BCUT2D eigenvalue weighted by atomic mass is 9.72. The maximum absolute atomic E-state index is 7.02. The highest BCUT2D eigenvalue weighted by Crippen LogP contribution is 2.62. The van der Waals surface area contributed by atoms with Gasteiger partial charge >= 0.3 is 0 Å². The lowest BCUT2D eigenvalue weighted by Crippen LogP contribution is -2.32.